The normalized spacial score (nSPS) is 17.6. The van der Waals surface area contributed by atoms with Crippen LogP contribution >= 0.6 is 0 Å². The fraction of sp³-hybridized carbons (Fsp3) is 0.500. The monoisotopic (exact) mass is 280 g/mol. The second-order valence-corrected chi connectivity index (χ2v) is 4.57. The second kappa shape index (κ2) is 7.00. The molecule has 1 fully saturated rings. The van der Waals surface area contributed by atoms with E-state index in [4.69, 9.17) is 14.2 Å². The molecule has 1 aliphatic heterocycles. The summed E-state index contributed by atoms with van der Waals surface area (Å²) < 4.78 is 15.7. The van der Waals surface area contributed by atoms with Crippen molar-refractivity contribution in [2.45, 2.75) is 18.9 Å². The molecular weight excluding hydrogens is 260 g/mol. The van der Waals surface area contributed by atoms with Gasteiger partial charge >= 0.3 is 6.03 Å². The van der Waals surface area contributed by atoms with Crippen LogP contribution in [0, 0.1) is 0 Å². The lowest BCUT2D eigenvalue weighted by Gasteiger charge is -2.13. The summed E-state index contributed by atoms with van der Waals surface area (Å²) >= 11 is 0. The van der Waals surface area contributed by atoms with Crippen LogP contribution in [-0.2, 0) is 4.74 Å². The third-order valence-electron chi connectivity index (χ3n) is 3.12. The minimum Gasteiger partial charge on any atom is -0.497 e. The van der Waals surface area contributed by atoms with Gasteiger partial charge in [0.25, 0.3) is 0 Å². The fourth-order valence-corrected chi connectivity index (χ4v) is 2.07. The Labute approximate surface area is 118 Å². The minimum atomic E-state index is -0.268. The number of anilines is 1. The van der Waals surface area contributed by atoms with E-state index < -0.39 is 0 Å². The van der Waals surface area contributed by atoms with E-state index in [0.717, 1.165) is 19.4 Å². The Kier molecular flexibility index (Phi) is 5.06. The number of hydrogen-bond acceptors (Lipinski definition) is 4. The summed E-state index contributed by atoms with van der Waals surface area (Å²) in [5, 5.41) is 5.54. The lowest BCUT2D eigenvalue weighted by Crippen LogP contribution is -2.35. The van der Waals surface area contributed by atoms with Crippen molar-refractivity contribution in [3.8, 4) is 11.5 Å². The standard InChI is InChI=1S/C14H20N2O4/c1-18-12-6-10(7-13(8-12)19-2)16-14(17)15-9-11-4-3-5-20-11/h6-8,11H,3-5,9H2,1-2H3,(H2,15,16,17)/t11-/m0/s1. The predicted molar refractivity (Wildman–Crippen MR) is 75.5 cm³/mol. The van der Waals surface area contributed by atoms with Crippen molar-refractivity contribution in [3.63, 3.8) is 0 Å². The van der Waals surface area contributed by atoms with Gasteiger partial charge < -0.3 is 24.8 Å². The number of rotatable bonds is 5. The highest BCUT2D eigenvalue weighted by Gasteiger charge is 2.16. The molecule has 1 aromatic rings. The van der Waals surface area contributed by atoms with Gasteiger partial charge in [-0.1, -0.05) is 0 Å². The van der Waals surface area contributed by atoms with Crippen molar-refractivity contribution in [2.24, 2.45) is 0 Å². The molecule has 20 heavy (non-hydrogen) atoms. The second-order valence-electron chi connectivity index (χ2n) is 4.57. The topological polar surface area (TPSA) is 68.8 Å². The molecule has 110 valence electrons. The summed E-state index contributed by atoms with van der Waals surface area (Å²) in [5.74, 6) is 1.25. The zero-order valence-electron chi connectivity index (χ0n) is 11.8. The van der Waals surface area contributed by atoms with Gasteiger partial charge in [-0.05, 0) is 12.8 Å². The van der Waals surface area contributed by atoms with E-state index in [1.165, 1.54) is 0 Å². The number of urea groups is 1. The average Bonchev–Trinajstić information content (AvgIpc) is 2.98. The number of ether oxygens (including phenoxy) is 3. The first-order valence-electron chi connectivity index (χ1n) is 6.61. The Morgan fingerprint density at radius 2 is 2.00 bits per heavy atom. The molecule has 2 N–H and O–H groups in total. The molecule has 1 aliphatic rings. The van der Waals surface area contributed by atoms with E-state index in [0.29, 0.717) is 23.7 Å². The molecule has 1 atom stereocenters. The molecule has 0 aromatic heterocycles. The van der Waals surface area contributed by atoms with Crippen molar-refractivity contribution in [2.75, 3.05) is 32.7 Å². The highest BCUT2D eigenvalue weighted by Crippen LogP contribution is 2.25. The maximum atomic E-state index is 11.8. The lowest BCUT2D eigenvalue weighted by molar-refractivity contribution is 0.112. The summed E-state index contributed by atoms with van der Waals surface area (Å²) in [4.78, 5) is 11.8. The first-order valence-corrected chi connectivity index (χ1v) is 6.61. The molecular formula is C14H20N2O4. The van der Waals surface area contributed by atoms with E-state index in [9.17, 15) is 4.79 Å². The molecule has 0 spiro atoms. The van der Waals surface area contributed by atoms with E-state index in [2.05, 4.69) is 10.6 Å². The van der Waals surface area contributed by atoms with Gasteiger partial charge in [-0.25, -0.2) is 4.79 Å². The zero-order valence-corrected chi connectivity index (χ0v) is 11.8. The number of methoxy groups -OCH3 is 2. The number of carbonyl (C=O) groups excluding carboxylic acids is 1. The number of nitrogens with one attached hydrogen (secondary N) is 2. The van der Waals surface area contributed by atoms with Crippen molar-refractivity contribution >= 4 is 11.7 Å². The van der Waals surface area contributed by atoms with Crippen molar-refractivity contribution in [1.29, 1.82) is 0 Å². The highest BCUT2D eigenvalue weighted by atomic mass is 16.5. The molecule has 1 heterocycles. The summed E-state index contributed by atoms with van der Waals surface area (Å²) in [6.45, 7) is 1.30. The summed E-state index contributed by atoms with van der Waals surface area (Å²) in [5.41, 5.74) is 0.617. The number of amides is 2. The molecule has 0 radical (unpaired) electrons. The smallest absolute Gasteiger partial charge is 0.319 e. The maximum Gasteiger partial charge on any atom is 0.319 e. The molecule has 1 aromatic carbocycles. The first kappa shape index (κ1) is 14.5. The van der Waals surface area contributed by atoms with Crippen LogP contribution in [-0.4, -0.2) is 39.5 Å². The Morgan fingerprint density at radius 3 is 2.55 bits per heavy atom. The van der Waals surface area contributed by atoms with Crippen LogP contribution in [0.2, 0.25) is 0 Å². The van der Waals surface area contributed by atoms with Crippen LogP contribution in [0.3, 0.4) is 0 Å². The van der Waals surface area contributed by atoms with Crippen LogP contribution in [0.4, 0.5) is 10.5 Å². The van der Waals surface area contributed by atoms with Crippen molar-refractivity contribution in [3.05, 3.63) is 18.2 Å². The van der Waals surface area contributed by atoms with Gasteiger partial charge in [0.15, 0.2) is 0 Å². The Morgan fingerprint density at radius 1 is 1.30 bits per heavy atom. The fourth-order valence-electron chi connectivity index (χ4n) is 2.07. The molecule has 6 heteroatoms. The van der Waals surface area contributed by atoms with Gasteiger partial charge in [0.2, 0.25) is 0 Å². The van der Waals surface area contributed by atoms with Gasteiger partial charge in [0.05, 0.1) is 20.3 Å². The van der Waals surface area contributed by atoms with E-state index in [1.54, 1.807) is 32.4 Å². The zero-order chi connectivity index (χ0) is 14.4. The van der Waals surface area contributed by atoms with Crippen molar-refractivity contribution < 1.29 is 19.0 Å². The quantitative estimate of drug-likeness (QED) is 0.865. The summed E-state index contributed by atoms with van der Waals surface area (Å²) in [6.07, 6.45) is 2.18. The van der Waals surface area contributed by atoms with E-state index in [-0.39, 0.29) is 12.1 Å². The van der Waals surface area contributed by atoms with Crippen LogP contribution in [0.5, 0.6) is 11.5 Å². The highest BCUT2D eigenvalue weighted by molar-refractivity contribution is 5.89. The molecule has 0 bridgehead atoms. The van der Waals surface area contributed by atoms with E-state index in [1.807, 2.05) is 0 Å². The van der Waals surface area contributed by atoms with Crippen LogP contribution < -0.4 is 20.1 Å². The first-order chi connectivity index (χ1) is 9.71. The van der Waals surface area contributed by atoms with Gasteiger partial charge in [-0.2, -0.15) is 0 Å². The van der Waals surface area contributed by atoms with Gasteiger partial charge in [-0.15, -0.1) is 0 Å². The molecule has 0 unspecified atom stereocenters. The van der Waals surface area contributed by atoms with Crippen LogP contribution in [0.1, 0.15) is 12.8 Å². The number of carbonyl (C=O) groups is 1. The Bertz CT molecular complexity index is 436. The third-order valence-corrected chi connectivity index (χ3v) is 3.12. The number of hydrogen-bond donors (Lipinski definition) is 2. The van der Waals surface area contributed by atoms with Crippen LogP contribution in [0.15, 0.2) is 18.2 Å². The summed E-state index contributed by atoms with van der Waals surface area (Å²) in [6, 6.07) is 4.94. The third kappa shape index (κ3) is 4.03. The molecule has 6 nitrogen and oxygen atoms in total. The molecule has 2 amide bonds. The van der Waals surface area contributed by atoms with Gasteiger partial charge in [-0.3, -0.25) is 0 Å². The maximum absolute atomic E-state index is 11.8. The van der Waals surface area contributed by atoms with Gasteiger partial charge in [0.1, 0.15) is 11.5 Å². The average molecular weight is 280 g/mol. The van der Waals surface area contributed by atoms with Crippen LogP contribution in [0.25, 0.3) is 0 Å². The molecule has 2 rings (SSSR count). The molecule has 1 saturated heterocycles. The van der Waals surface area contributed by atoms with Gasteiger partial charge in [0, 0.05) is 37.0 Å². The molecule has 0 aliphatic carbocycles. The SMILES string of the molecule is COc1cc(NC(=O)NC[C@@H]2CCCO2)cc(OC)c1. The Hall–Kier alpha value is -1.95. The Balaban J connectivity index is 1.89. The number of benzene rings is 1. The summed E-state index contributed by atoms with van der Waals surface area (Å²) in [7, 11) is 3.13. The largest absolute Gasteiger partial charge is 0.497 e. The predicted octanol–water partition coefficient (Wildman–Crippen LogP) is 2.00. The lowest BCUT2D eigenvalue weighted by atomic mass is 10.2. The van der Waals surface area contributed by atoms with Crippen molar-refractivity contribution in [1.82, 2.24) is 5.32 Å². The molecule has 0 saturated carbocycles. The van der Waals surface area contributed by atoms with E-state index >= 15 is 0 Å². The minimum absolute atomic E-state index is 0.126.